The molecule has 0 aliphatic rings. The maximum atomic E-state index is 14.7. The smallest absolute Gasteiger partial charge is 0.423 e. The minimum absolute atomic E-state index is 0.0629. The van der Waals surface area contributed by atoms with Crippen LogP contribution in [-0.4, -0.2) is 68.8 Å². The molecule has 0 aliphatic carbocycles. The Morgan fingerprint density at radius 1 is 0.389 bits per heavy atom. The number of halogens is 9. The standard InChI is InChI=1S/C40H24N4.C36H21F9N2O3S.C8H5BN2O2/c1-42-34-23-27(26-41)22-33(24-34)39-35-15-9-8-10-28(35)20-21-36(39)29-16-18-32(19-17-29)40-43-37(30-11-4-2-5-12-30)25-38(44-40)31-13-6-3-7-14-31;37-33(38,35(41,42)43)34(39,40)36(44,45)51(48,49)50-31-27-14-8-7-9-22(27)19-20-28(31)23-15-17-26(18-16-23)32-46-29(24-10-3-1-4-11-24)21-30(47-32)25-12-5-2-6-13-25;1-11-8-3-6(5-10)2-7(4-8)9(12)13/h2-25H;1-21H;2-4,12-13H. The van der Waals surface area contributed by atoms with Crippen LogP contribution in [0.5, 0.6) is 5.75 Å². The monoisotopic (exact) mass is 1460 g/mol. The summed E-state index contributed by atoms with van der Waals surface area (Å²) in [5.41, 5.74) is 13.0. The second-order valence-electron chi connectivity index (χ2n) is 24.0. The molecule has 14 aromatic rings. The lowest BCUT2D eigenvalue weighted by Gasteiger charge is -2.32. The van der Waals surface area contributed by atoms with Gasteiger partial charge in [0, 0.05) is 55.5 Å². The Balaban J connectivity index is 0.000000174. The lowest BCUT2D eigenvalue weighted by molar-refractivity contribution is -0.382. The van der Waals surface area contributed by atoms with Gasteiger partial charge in [-0.15, -0.1) is 0 Å². The second-order valence-corrected chi connectivity index (χ2v) is 25.6. The topological polar surface area (TPSA) is 192 Å². The number of fused-ring (bicyclic) bond motifs is 2. The first-order valence-corrected chi connectivity index (χ1v) is 33.8. The van der Waals surface area contributed by atoms with Crippen LogP contribution in [0.15, 0.2) is 291 Å². The zero-order chi connectivity index (χ0) is 76.5. The zero-order valence-corrected chi connectivity index (χ0v) is 56.6. The summed E-state index contributed by atoms with van der Waals surface area (Å²) in [7, 11) is -8.88. The van der Waals surface area contributed by atoms with E-state index in [0.29, 0.717) is 34.0 Å². The number of nitrogens with zero attached hydrogens (tertiary/aromatic N) is 8. The Morgan fingerprint density at radius 3 is 1.18 bits per heavy atom. The highest BCUT2D eigenvalue weighted by atomic mass is 32.2. The highest BCUT2D eigenvalue weighted by Crippen LogP contribution is 2.56. The molecule has 0 saturated carbocycles. The molecule has 24 heteroatoms. The van der Waals surface area contributed by atoms with Crippen LogP contribution in [0.3, 0.4) is 0 Å². The molecule has 2 N–H and O–H groups in total. The van der Waals surface area contributed by atoms with E-state index >= 15 is 0 Å². The fraction of sp³-hybridized carbons (Fsp3) is 0.0476. The summed E-state index contributed by atoms with van der Waals surface area (Å²) in [5.74, 6) is -15.0. The van der Waals surface area contributed by atoms with Crippen LogP contribution in [0.4, 0.5) is 50.9 Å². The second kappa shape index (κ2) is 31.0. The molecule has 0 amide bonds. The largest absolute Gasteiger partial charge is 0.487 e. The molecule has 0 atom stereocenters. The van der Waals surface area contributed by atoms with E-state index in [-0.39, 0.29) is 44.4 Å². The Kier molecular flexibility index (Phi) is 21.3. The van der Waals surface area contributed by atoms with Crippen LogP contribution in [0, 0.1) is 35.8 Å². The van der Waals surface area contributed by atoms with Crippen molar-refractivity contribution in [2.24, 2.45) is 0 Å². The van der Waals surface area contributed by atoms with Gasteiger partial charge in [0.25, 0.3) is 0 Å². The number of aromatic nitrogens is 4. The first-order valence-electron chi connectivity index (χ1n) is 32.4. The molecule has 0 saturated heterocycles. The normalized spacial score (nSPS) is 11.5. The van der Waals surface area contributed by atoms with Crippen molar-refractivity contribution >= 4 is 55.6 Å². The molecule has 14 rings (SSSR count). The van der Waals surface area contributed by atoms with Gasteiger partial charge in [-0.05, 0) is 98.0 Å². The van der Waals surface area contributed by atoms with Crippen LogP contribution in [0.25, 0.3) is 132 Å². The number of nitriles is 2. The lowest BCUT2D eigenvalue weighted by atomic mass is 9.79. The summed E-state index contributed by atoms with van der Waals surface area (Å²) in [5, 5.41) is 30.8. The third-order valence-corrected chi connectivity index (χ3v) is 18.3. The molecule has 0 radical (unpaired) electrons. The molecule has 0 fully saturated rings. The lowest BCUT2D eigenvalue weighted by Crippen LogP contribution is -2.63. The molecular formula is C84H50BF9N8O5S. The van der Waals surface area contributed by atoms with Crippen LogP contribution in [-0.2, 0) is 10.1 Å². The van der Waals surface area contributed by atoms with Crippen molar-refractivity contribution in [2.45, 2.75) is 23.3 Å². The van der Waals surface area contributed by atoms with Crippen LogP contribution < -0.4 is 9.65 Å². The molecule has 2 aromatic heterocycles. The molecule has 13 nitrogen and oxygen atoms in total. The predicted octanol–water partition coefficient (Wildman–Crippen LogP) is 20.6. The van der Waals surface area contributed by atoms with Crippen LogP contribution in [0.2, 0.25) is 0 Å². The first kappa shape index (κ1) is 74.1. The first-order chi connectivity index (χ1) is 51.8. The van der Waals surface area contributed by atoms with E-state index in [1.165, 1.54) is 72.8 Å². The van der Waals surface area contributed by atoms with Gasteiger partial charge < -0.3 is 14.2 Å². The van der Waals surface area contributed by atoms with E-state index < -0.39 is 46.3 Å². The molecule has 0 unspecified atom stereocenters. The van der Waals surface area contributed by atoms with Gasteiger partial charge in [-0.3, -0.25) is 0 Å². The minimum atomic E-state index is -7.46. The molecule has 0 spiro atoms. The Hall–Kier alpha value is -13.6. The highest BCUT2D eigenvalue weighted by Gasteiger charge is 2.86. The maximum Gasteiger partial charge on any atom is 0.487 e. The van der Waals surface area contributed by atoms with Crippen molar-refractivity contribution in [2.75, 3.05) is 0 Å². The van der Waals surface area contributed by atoms with E-state index in [4.69, 9.17) is 38.4 Å². The Bertz CT molecular complexity index is 5810. The van der Waals surface area contributed by atoms with Crippen molar-refractivity contribution in [3.63, 3.8) is 0 Å². The molecule has 0 bridgehead atoms. The third kappa shape index (κ3) is 15.5. The van der Waals surface area contributed by atoms with Crippen molar-refractivity contribution < 1.29 is 62.2 Å². The number of benzene rings is 12. The molecule has 2 heterocycles. The fourth-order valence-corrected chi connectivity index (χ4v) is 12.6. The summed E-state index contributed by atoms with van der Waals surface area (Å²) >= 11 is 0. The number of hydrogen-bond donors (Lipinski definition) is 2. The average Bonchev–Trinajstić information content (AvgIpc) is 0.719. The average molecular weight is 1470 g/mol. The number of rotatable bonds is 15. The van der Waals surface area contributed by atoms with Gasteiger partial charge >= 0.3 is 40.5 Å². The Labute approximate surface area is 612 Å². The molecule has 108 heavy (non-hydrogen) atoms. The van der Waals surface area contributed by atoms with Crippen molar-refractivity contribution in [1.29, 1.82) is 10.5 Å². The SMILES string of the molecule is O=S(=O)(Oc1c(-c2ccc(-c3nc(-c4ccccc4)cc(-c4ccccc4)n3)cc2)ccc2ccccc12)C(F)(F)C(F)(F)C(F)(F)C(F)(F)F.[C-]#[N+]c1cc(C#N)cc(-c2c(-c3ccc(-c4nc(-c5ccccc5)cc(-c5ccccc5)n4)cc3)ccc3ccccc23)c1.[C-]#[N+]c1cc(C#N)cc(B(O)O)c1. The zero-order valence-electron chi connectivity index (χ0n) is 55.8. The molecule has 12 aromatic carbocycles. The molecule has 0 aliphatic heterocycles. The minimum Gasteiger partial charge on any atom is -0.423 e. The van der Waals surface area contributed by atoms with Crippen LogP contribution >= 0.6 is 0 Å². The van der Waals surface area contributed by atoms with Gasteiger partial charge in [0.2, 0.25) is 0 Å². The van der Waals surface area contributed by atoms with Crippen molar-refractivity contribution in [3.05, 3.63) is 325 Å². The summed E-state index contributed by atoms with van der Waals surface area (Å²) in [6, 6.07) is 90.4. The van der Waals surface area contributed by atoms with Gasteiger partial charge in [-0.1, -0.05) is 243 Å². The maximum absolute atomic E-state index is 14.7. The quantitative estimate of drug-likeness (QED) is 0.0430. The number of alkyl halides is 9. The summed E-state index contributed by atoms with van der Waals surface area (Å²) in [6.07, 6.45) is -7.23. The van der Waals surface area contributed by atoms with E-state index in [0.717, 1.165) is 78.3 Å². The highest BCUT2D eigenvalue weighted by molar-refractivity contribution is 7.88. The Morgan fingerprint density at radius 2 is 0.759 bits per heavy atom. The van der Waals surface area contributed by atoms with E-state index in [2.05, 4.69) is 103 Å². The number of hydrogen-bond acceptors (Lipinski definition) is 11. The van der Waals surface area contributed by atoms with E-state index in [1.54, 1.807) is 12.1 Å². The fourth-order valence-electron chi connectivity index (χ4n) is 11.6. The summed E-state index contributed by atoms with van der Waals surface area (Å²) < 4.78 is 153. The van der Waals surface area contributed by atoms with Crippen molar-refractivity contribution in [3.8, 4) is 119 Å². The van der Waals surface area contributed by atoms with Gasteiger partial charge in [0.1, 0.15) is 0 Å². The molecule has 528 valence electrons. The third-order valence-electron chi connectivity index (χ3n) is 17.0. The molecular weight excluding hydrogens is 1410 g/mol. The van der Waals surface area contributed by atoms with Crippen molar-refractivity contribution in [1.82, 2.24) is 19.9 Å². The summed E-state index contributed by atoms with van der Waals surface area (Å²) in [4.78, 5) is 26.1. The van der Waals surface area contributed by atoms with E-state index in [9.17, 15) is 53.2 Å². The van der Waals surface area contributed by atoms with Gasteiger partial charge in [0.05, 0.1) is 48.1 Å². The summed E-state index contributed by atoms with van der Waals surface area (Å²) in [6.45, 7) is 14.3. The van der Waals surface area contributed by atoms with Gasteiger partial charge in [-0.2, -0.15) is 58.5 Å². The van der Waals surface area contributed by atoms with Crippen LogP contribution in [0.1, 0.15) is 11.1 Å². The van der Waals surface area contributed by atoms with Gasteiger partial charge in [0.15, 0.2) is 28.8 Å². The van der Waals surface area contributed by atoms with Gasteiger partial charge in [-0.25, -0.2) is 29.6 Å². The van der Waals surface area contributed by atoms with E-state index in [1.807, 2.05) is 133 Å². The predicted molar refractivity (Wildman–Crippen MR) is 397 cm³/mol.